The maximum absolute atomic E-state index is 13.6. The highest BCUT2D eigenvalue weighted by Gasteiger charge is 2.32. The van der Waals surface area contributed by atoms with Crippen LogP contribution in [0.4, 0.5) is 14.5 Å². The van der Waals surface area contributed by atoms with Crippen LogP contribution in [0, 0.1) is 11.6 Å². The van der Waals surface area contributed by atoms with E-state index in [9.17, 15) is 26.8 Å². The number of hydrogen-bond acceptors (Lipinski definition) is 5. The molecule has 0 aromatic heterocycles. The molecule has 6 nitrogen and oxygen atoms in total. The minimum absolute atomic E-state index is 0.211. The lowest BCUT2D eigenvalue weighted by atomic mass is 10.0. The Balaban J connectivity index is 1.75. The first-order valence-corrected chi connectivity index (χ1v) is 10.2. The molecule has 1 aliphatic heterocycles. The third kappa shape index (κ3) is 3.75. The van der Waals surface area contributed by atoms with Gasteiger partial charge in [-0.25, -0.2) is 22.0 Å². The number of ketones is 1. The molecule has 0 N–H and O–H groups in total. The molecular formula is C19H17F2NO5S. The highest BCUT2D eigenvalue weighted by atomic mass is 32.2. The summed E-state index contributed by atoms with van der Waals surface area (Å²) in [5, 5.41) is 0. The Bertz CT molecular complexity index is 1050. The van der Waals surface area contributed by atoms with E-state index >= 15 is 0 Å². The van der Waals surface area contributed by atoms with Crippen LogP contribution in [0.3, 0.4) is 0 Å². The van der Waals surface area contributed by atoms with Crippen LogP contribution < -0.4 is 4.31 Å². The van der Waals surface area contributed by atoms with Crippen LogP contribution in [0.15, 0.2) is 36.4 Å². The second-order valence-corrected chi connectivity index (χ2v) is 8.41. The highest BCUT2D eigenvalue weighted by Crippen LogP contribution is 2.34. The summed E-state index contributed by atoms with van der Waals surface area (Å²) >= 11 is 0. The zero-order chi connectivity index (χ0) is 20.6. The Kier molecular flexibility index (Phi) is 5.20. The molecule has 148 valence electrons. The highest BCUT2D eigenvalue weighted by molar-refractivity contribution is 7.92. The van der Waals surface area contributed by atoms with Gasteiger partial charge in [0, 0.05) is 11.6 Å². The van der Waals surface area contributed by atoms with Gasteiger partial charge in [-0.05, 0) is 49.2 Å². The van der Waals surface area contributed by atoms with Crippen molar-refractivity contribution in [3.63, 3.8) is 0 Å². The van der Waals surface area contributed by atoms with Gasteiger partial charge in [0.05, 0.1) is 11.9 Å². The zero-order valence-corrected chi connectivity index (χ0v) is 15.9. The summed E-state index contributed by atoms with van der Waals surface area (Å²) in [6.45, 7) is 1.06. The predicted molar refractivity (Wildman–Crippen MR) is 97.9 cm³/mol. The van der Waals surface area contributed by atoms with Crippen molar-refractivity contribution in [2.24, 2.45) is 0 Å². The summed E-state index contributed by atoms with van der Waals surface area (Å²) in [6.07, 6.45) is 1.54. The fourth-order valence-corrected chi connectivity index (χ4v) is 4.52. The molecule has 1 atom stereocenters. The first kappa shape index (κ1) is 19.9. The van der Waals surface area contributed by atoms with Crippen molar-refractivity contribution in [1.29, 1.82) is 0 Å². The SMILES string of the molecule is C[C@@H]1Cc2cc(C(=O)COC(=O)c3c(F)cccc3F)ccc2N1S(C)(=O)=O. The summed E-state index contributed by atoms with van der Waals surface area (Å²) in [7, 11) is -3.45. The van der Waals surface area contributed by atoms with E-state index in [1.807, 2.05) is 0 Å². The summed E-state index contributed by atoms with van der Waals surface area (Å²) < 4.78 is 57.1. The lowest BCUT2D eigenvalue weighted by Gasteiger charge is -2.21. The molecular weight excluding hydrogens is 392 g/mol. The number of carbonyl (C=O) groups excluding carboxylic acids is 2. The second kappa shape index (κ2) is 7.31. The number of Topliss-reactive ketones (excluding diaryl/α,β-unsaturated/α-hetero) is 1. The summed E-state index contributed by atoms with van der Waals surface area (Å²) in [5.41, 5.74) is 0.525. The molecule has 0 radical (unpaired) electrons. The van der Waals surface area contributed by atoms with Crippen LogP contribution in [-0.4, -0.2) is 39.1 Å². The molecule has 0 bridgehead atoms. The Morgan fingerprint density at radius 3 is 2.43 bits per heavy atom. The summed E-state index contributed by atoms with van der Waals surface area (Å²) in [5.74, 6) is -4.00. The Labute approximate surface area is 160 Å². The van der Waals surface area contributed by atoms with Gasteiger partial charge < -0.3 is 4.74 Å². The number of anilines is 1. The molecule has 0 aliphatic carbocycles. The van der Waals surface area contributed by atoms with Crippen molar-refractivity contribution in [3.8, 4) is 0 Å². The first-order valence-electron chi connectivity index (χ1n) is 8.36. The zero-order valence-electron chi connectivity index (χ0n) is 15.1. The number of ether oxygens (including phenoxy) is 1. The van der Waals surface area contributed by atoms with Gasteiger partial charge in [-0.2, -0.15) is 0 Å². The fraction of sp³-hybridized carbons (Fsp3) is 0.263. The number of hydrogen-bond donors (Lipinski definition) is 0. The minimum Gasteiger partial charge on any atom is -0.454 e. The third-order valence-corrected chi connectivity index (χ3v) is 5.68. The number of halogens is 2. The van der Waals surface area contributed by atoms with Gasteiger partial charge in [0.2, 0.25) is 10.0 Å². The van der Waals surface area contributed by atoms with Crippen molar-refractivity contribution < 1.29 is 31.5 Å². The molecule has 2 aromatic carbocycles. The van der Waals surface area contributed by atoms with Gasteiger partial charge in [0.15, 0.2) is 12.4 Å². The van der Waals surface area contributed by atoms with E-state index in [0.29, 0.717) is 17.7 Å². The maximum atomic E-state index is 13.6. The molecule has 0 amide bonds. The molecule has 9 heteroatoms. The number of carbonyl (C=O) groups is 2. The molecule has 1 heterocycles. The largest absolute Gasteiger partial charge is 0.454 e. The lowest BCUT2D eigenvalue weighted by molar-refractivity contribution is 0.0465. The summed E-state index contributed by atoms with van der Waals surface area (Å²) in [6, 6.07) is 7.14. The standard InChI is InChI=1S/C19H17F2NO5S/c1-11-8-13-9-12(6-7-16(13)22(11)28(2,25)26)17(23)10-27-19(24)18-14(20)4-3-5-15(18)21/h3-7,9,11H,8,10H2,1-2H3/t11-/m1/s1. The Morgan fingerprint density at radius 2 is 1.82 bits per heavy atom. The molecule has 0 spiro atoms. The molecule has 1 aliphatic rings. The maximum Gasteiger partial charge on any atom is 0.344 e. The van der Waals surface area contributed by atoms with Gasteiger partial charge in [0.25, 0.3) is 0 Å². The smallest absolute Gasteiger partial charge is 0.344 e. The number of sulfonamides is 1. The molecule has 0 saturated carbocycles. The van der Waals surface area contributed by atoms with Crippen molar-refractivity contribution in [2.45, 2.75) is 19.4 Å². The van der Waals surface area contributed by atoms with E-state index in [0.717, 1.165) is 24.5 Å². The van der Waals surface area contributed by atoms with Crippen molar-refractivity contribution >= 4 is 27.5 Å². The van der Waals surface area contributed by atoms with Gasteiger partial charge in [0.1, 0.15) is 17.2 Å². The van der Waals surface area contributed by atoms with Crippen LogP contribution in [0.25, 0.3) is 0 Å². The Morgan fingerprint density at radius 1 is 1.18 bits per heavy atom. The normalized spacial score (nSPS) is 16.0. The fourth-order valence-electron chi connectivity index (χ4n) is 3.26. The van der Waals surface area contributed by atoms with Crippen LogP contribution >= 0.6 is 0 Å². The van der Waals surface area contributed by atoms with E-state index in [1.165, 1.54) is 22.5 Å². The number of fused-ring (bicyclic) bond motifs is 1. The average Bonchev–Trinajstić information content (AvgIpc) is 2.94. The third-order valence-electron chi connectivity index (χ3n) is 4.41. The lowest BCUT2D eigenvalue weighted by Crippen LogP contribution is -2.34. The van der Waals surface area contributed by atoms with E-state index < -0.39 is 45.6 Å². The molecule has 0 fully saturated rings. The number of nitrogens with zero attached hydrogens (tertiary/aromatic N) is 1. The Hall–Kier alpha value is -2.81. The van der Waals surface area contributed by atoms with Crippen molar-refractivity contribution in [1.82, 2.24) is 0 Å². The van der Waals surface area contributed by atoms with Crippen LogP contribution in [0.1, 0.15) is 33.2 Å². The van der Waals surface area contributed by atoms with Crippen LogP contribution in [0.5, 0.6) is 0 Å². The van der Waals surface area contributed by atoms with Crippen molar-refractivity contribution in [2.75, 3.05) is 17.2 Å². The van der Waals surface area contributed by atoms with Crippen LogP contribution in [0.2, 0.25) is 0 Å². The van der Waals surface area contributed by atoms with E-state index in [-0.39, 0.29) is 11.6 Å². The first-order chi connectivity index (χ1) is 13.1. The van der Waals surface area contributed by atoms with E-state index in [2.05, 4.69) is 0 Å². The summed E-state index contributed by atoms with van der Waals surface area (Å²) in [4.78, 5) is 24.2. The molecule has 0 unspecified atom stereocenters. The number of esters is 1. The quantitative estimate of drug-likeness (QED) is 0.560. The topological polar surface area (TPSA) is 80.8 Å². The van der Waals surface area contributed by atoms with Gasteiger partial charge >= 0.3 is 5.97 Å². The van der Waals surface area contributed by atoms with Crippen molar-refractivity contribution in [3.05, 3.63) is 64.7 Å². The molecule has 0 saturated heterocycles. The second-order valence-electron chi connectivity index (χ2n) is 6.55. The molecule has 3 rings (SSSR count). The molecule has 2 aromatic rings. The minimum atomic E-state index is -3.45. The van der Waals surface area contributed by atoms with Gasteiger partial charge in [-0.3, -0.25) is 9.10 Å². The van der Waals surface area contributed by atoms with Gasteiger partial charge in [-0.1, -0.05) is 6.07 Å². The van der Waals surface area contributed by atoms with Crippen LogP contribution in [-0.2, 0) is 21.2 Å². The number of rotatable bonds is 5. The monoisotopic (exact) mass is 409 g/mol. The van der Waals surface area contributed by atoms with E-state index in [4.69, 9.17) is 4.74 Å². The predicted octanol–water partition coefficient (Wildman–Crippen LogP) is 2.72. The number of benzene rings is 2. The average molecular weight is 409 g/mol. The van der Waals surface area contributed by atoms with E-state index in [1.54, 1.807) is 6.92 Å². The van der Waals surface area contributed by atoms with Gasteiger partial charge in [-0.15, -0.1) is 0 Å². The molecule has 28 heavy (non-hydrogen) atoms.